The van der Waals surface area contributed by atoms with Crippen molar-refractivity contribution in [3.05, 3.63) is 44.7 Å². The van der Waals surface area contributed by atoms with Gasteiger partial charge in [0.2, 0.25) is 0 Å². The van der Waals surface area contributed by atoms with E-state index in [4.69, 9.17) is 9.26 Å². The number of carbonyl (C=O) groups excluding carboxylic acids is 1. The number of aryl methyl sites for hydroxylation is 4. The summed E-state index contributed by atoms with van der Waals surface area (Å²) in [5, 5.41) is 11.4. The number of ether oxygens (including phenoxy) is 1. The Morgan fingerprint density at radius 1 is 1.27 bits per heavy atom. The van der Waals surface area contributed by atoms with Crippen LogP contribution in [0.4, 0.5) is 0 Å². The van der Waals surface area contributed by atoms with Crippen LogP contribution < -0.4 is 10.9 Å². The summed E-state index contributed by atoms with van der Waals surface area (Å²) in [6.07, 6.45) is 3.98. The molecule has 0 aromatic carbocycles. The van der Waals surface area contributed by atoms with E-state index in [0.29, 0.717) is 30.2 Å². The molecule has 8 nitrogen and oxygen atoms in total. The van der Waals surface area contributed by atoms with Crippen LogP contribution in [0.5, 0.6) is 0 Å². The standard InChI is InChI=1S/C18H22N4O4/c1-10-17(11(2)26-21-10)18(24)19-14-8-25-9-15(14)22-16(23)7-12-5-3-4-6-13(12)20-22/h7,14-15H,3-6,8-9H2,1-2H3,(H,19,24). The number of hydrogen-bond donors (Lipinski definition) is 1. The minimum absolute atomic E-state index is 0.141. The van der Waals surface area contributed by atoms with Crippen molar-refractivity contribution in [2.75, 3.05) is 13.2 Å². The second kappa shape index (κ2) is 6.68. The minimum atomic E-state index is -0.331. The molecule has 0 saturated carbocycles. The number of hydrogen-bond acceptors (Lipinski definition) is 6. The lowest BCUT2D eigenvalue weighted by Gasteiger charge is -2.22. The average molecular weight is 358 g/mol. The lowest BCUT2D eigenvalue weighted by Crippen LogP contribution is -2.44. The molecule has 0 radical (unpaired) electrons. The molecule has 26 heavy (non-hydrogen) atoms. The summed E-state index contributed by atoms with van der Waals surface area (Å²) < 4.78 is 12.1. The molecule has 2 aromatic rings. The maximum Gasteiger partial charge on any atom is 0.267 e. The van der Waals surface area contributed by atoms with Crippen molar-refractivity contribution >= 4 is 5.91 Å². The van der Waals surface area contributed by atoms with E-state index < -0.39 is 0 Å². The highest BCUT2D eigenvalue weighted by molar-refractivity contribution is 5.96. The molecular weight excluding hydrogens is 336 g/mol. The van der Waals surface area contributed by atoms with Gasteiger partial charge in [0, 0.05) is 6.07 Å². The fraction of sp³-hybridized carbons (Fsp3) is 0.556. The van der Waals surface area contributed by atoms with Gasteiger partial charge in [0.05, 0.1) is 30.6 Å². The summed E-state index contributed by atoms with van der Waals surface area (Å²) in [6.45, 7) is 4.11. The highest BCUT2D eigenvalue weighted by atomic mass is 16.5. The molecule has 0 spiro atoms. The van der Waals surface area contributed by atoms with Crippen LogP contribution in [0.15, 0.2) is 15.4 Å². The maximum atomic E-state index is 12.6. The molecule has 1 N–H and O–H groups in total. The van der Waals surface area contributed by atoms with E-state index in [1.54, 1.807) is 19.9 Å². The van der Waals surface area contributed by atoms with Crippen molar-refractivity contribution in [2.45, 2.75) is 51.6 Å². The van der Waals surface area contributed by atoms with E-state index in [1.165, 1.54) is 4.68 Å². The third-order valence-electron chi connectivity index (χ3n) is 5.17. The van der Waals surface area contributed by atoms with Crippen molar-refractivity contribution in [1.82, 2.24) is 20.3 Å². The minimum Gasteiger partial charge on any atom is -0.377 e. The third-order valence-corrected chi connectivity index (χ3v) is 5.17. The van der Waals surface area contributed by atoms with Crippen molar-refractivity contribution < 1.29 is 14.1 Å². The van der Waals surface area contributed by atoms with E-state index in [1.807, 2.05) is 0 Å². The summed E-state index contributed by atoms with van der Waals surface area (Å²) in [7, 11) is 0. The first-order chi connectivity index (χ1) is 12.5. The zero-order valence-electron chi connectivity index (χ0n) is 14.9. The Morgan fingerprint density at radius 3 is 2.85 bits per heavy atom. The summed E-state index contributed by atoms with van der Waals surface area (Å²) in [5.74, 6) is 0.201. The van der Waals surface area contributed by atoms with Crippen LogP contribution in [0.2, 0.25) is 0 Å². The molecule has 2 unspecified atom stereocenters. The Hall–Kier alpha value is -2.48. The second-order valence-electron chi connectivity index (χ2n) is 6.99. The zero-order valence-corrected chi connectivity index (χ0v) is 14.9. The van der Waals surface area contributed by atoms with E-state index in [2.05, 4.69) is 15.6 Å². The predicted octanol–water partition coefficient (Wildman–Crippen LogP) is 1.10. The Morgan fingerprint density at radius 2 is 2.08 bits per heavy atom. The molecule has 1 fully saturated rings. The molecule has 1 aliphatic carbocycles. The van der Waals surface area contributed by atoms with E-state index in [0.717, 1.165) is 36.9 Å². The van der Waals surface area contributed by atoms with Crippen LogP contribution in [0.25, 0.3) is 0 Å². The number of fused-ring (bicyclic) bond motifs is 1. The van der Waals surface area contributed by atoms with Gasteiger partial charge >= 0.3 is 0 Å². The lowest BCUT2D eigenvalue weighted by atomic mass is 9.97. The van der Waals surface area contributed by atoms with Crippen LogP contribution in [0, 0.1) is 13.8 Å². The van der Waals surface area contributed by atoms with Gasteiger partial charge in [0.25, 0.3) is 11.5 Å². The van der Waals surface area contributed by atoms with E-state index in [-0.39, 0.29) is 23.6 Å². The number of rotatable bonds is 3. The van der Waals surface area contributed by atoms with Crippen molar-refractivity contribution in [2.24, 2.45) is 0 Å². The number of nitrogens with one attached hydrogen (secondary N) is 1. The Labute approximate surface area is 150 Å². The SMILES string of the molecule is Cc1noc(C)c1C(=O)NC1COCC1n1nc2c(cc1=O)CCCC2. The van der Waals surface area contributed by atoms with Gasteiger partial charge in [-0.15, -0.1) is 0 Å². The molecule has 1 saturated heterocycles. The fourth-order valence-corrected chi connectivity index (χ4v) is 3.78. The van der Waals surface area contributed by atoms with Crippen molar-refractivity contribution in [1.29, 1.82) is 0 Å². The van der Waals surface area contributed by atoms with Crippen molar-refractivity contribution in [3.8, 4) is 0 Å². The van der Waals surface area contributed by atoms with Gasteiger partial charge in [-0.1, -0.05) is 5.16 Å². The topological polar surface area (TPSA) is 99.2 Å². The van der Waals surface area contributed by atoms with Gasteiger partial charge in [0.1, 0.15) is 17.4 Å². The quantitative estimate of drug-likeness (QED) is 0.882. The molecule has 1 amide bonds. The predicted molar refractivity (Wildman–Crippen MR) is 92.2 cm³/mol. The smallest absolute Gasteiger partial charge is 0.267 e. The average Bonchev–Trinajstić information content (AvgIpc) is 3.20. The number of nitrogens with zero attached hydrogens (tertiary/aromatic N) is 3. The van der Waals surface area contributed by atoms with Gasteiger partial charge in [0.15, 0.2) is 0 Å². The Balaban J connectivity index is 1.59. The summed E-state index contributed by atoms with van der Waals surface area (Å²) in [5.41, 5.74) is 2.87. The summed E-state index contributed by atoms with van der Waals surface area (Å²) >= 11 is 0. The van der Waals surface area contributed by atoms with Gasteiger partial charge in [-0.25, -0.2) is 4.68 Å². The summed E-state index contributed by atoms with van der Waals surface area (Å²) in [4.78, 5) is 25.2. The zero-order chi connectivity index (χ0) is 18.3. The highest BCUT2D eigenvalue weighted by Crippen LogP contribution is 2.22. The van der Waals surface area contributed by atoms with E-state index in [9.17, 15) is 9.59 Å². The molecule has 3 heterocycles. The van der Waals surface area contributed by atoms with Gasteiger partial charge in [-0.3, -0.25) is 9.59 Å². The molecule has 2 aromatic heterocycles. The fourth-order valence-electron chi connectivity index (χ4n) is 3.78. The second-order valence-corrected chi connectivity index (χ2v) is 6.99. The molecule has 8 heteroatoms. The first kappa shape index (κ1) is 17.0. The first-order valence-corrected chi connectivity index (χ1v) is 8.97. The molecule has 2 atom stereocenters. The van der Waals surface area contributed by atoms with Crippen LogP contribution in [0.3, 0.4) is 0 Å². The summed E-state index contributed by atoms with van der Waals surface area (Å²) in [6, 6.07) is 1.04. The molecule has 1 aliphatic heterocycles. The highest BCUT2D eigenvalue weighted by Gasteiger charge is 2.34. The van der Waals surface area contributed by atoms with Gasteiger partial charge in [-0.05, 0) is 45.1 Å². The maximum absolute atomic E-state index is 12.6. The van der Waals surface area contributed by atoms with Crippen molar-refractivity contribution in [3.63, 3.8) is 0 Å². The molecule has 4 rings (SSSR count). The van der Waals surface area contributed by atoms with Crippen LogP contribution in [-0.2, 0) is 17.6 Å². The number of aromatic nitrogens is 3. The molecular formula is C18H22N4O4. The monoisotopic (exact) mass is 358 g/mol. The van der Waals surface area contributed by atoms with Gasteiger partial charge < -0.3 is 14.6 Å². The lowest BCUT2D eigenvalue weighted by molar-refractivity contribution is 0.0922. The molecule has 138 valence electrons. The molecule has 2 aliphatic rings. The van der Waals surface area contributed by atoms with E-state index >= 15 is 0 Å². The first-order valence-electron chi connectivity index (χ1n) is 8.97. The number of amides is 1. The van der Waals surface area contributed by atoms with Gasteiger partial charge in [-0.2, -0.15) is 5.10 Å². The van der Waals surface area contributed by atoms with Crippen LogP contribution in [-0.4, -0.2) is 40.1 Å². The number of carbonyl (C=O) groups is 1. The Bertz CT molecular complexity index is 882. The Kier molecular flexibility index (Phi) is 4.36. The third kappa shape index (κ3) is 2.94. The normalized spacial score (nSPS) is 22.2. The van der Waals surface area contributed by atoms with Crippen LogP contribution >= 0.6 is 0 Å². The largest absolute Gasteiger partial charge is 0.377 e. The van der Waals surface area contributed by atoms with Crippen LogP contribution in [0.1, 0.15) is 52.0 Å². The molecule has 0 bridgehead atoms.